The van der Waals surface area contributed by atoms with E-state index in [9.17, 15) is 0 Å². The van der Waals surface area contributed by atoms with E-state index in [-0.39, 0.29) is 5.41 Å². The van der Waals surface area contributed by atoms with Crippen molar-refractivity contribution in [3.63, 3.8) is 0 Å². The lowest BCUT2D eigenvalue weighted by Gasteiger charge is -2.27. The quantitative estimate of drug-likeness (QED) is 0.319. The summed E-state index contributed by atoms with van der Waals surface area (Å²) >= 11 is 10.2. The van der Waals surface area contributed by atoms with Crippen molar-refractivity contribution in [1.82, 2.24) is 14.8 Å². The van der Waals surface area contributed by atoms with E-state index in [1.54, 1.807) is 0 Å². The first-order chi connectivity index (χ1) is 13.9. The predicted molar refractivity (Wildman–Crippen MR) is 123 cm³/mol. The van der Waals surface area contributed by atoms with Crippen LogP contribution in [0, 0.1) is 5.41 Å². The normalized spacial score (nSPS) is 15.2. The van der Waals surface area contributed by atoms with Crippen LogP contribution in [0.4, 0.5) is 0 Å². The number of benzene rings is 2. The Morgan fingerprint density at radius 1 is 1.03 bits per heavy atom. The smallest absolute Gasteiger partial charge is 0.163 e. The molecule has 0 bridgehead atoms. The van der Waals surface area contributed by atoms with Gasteiger partial charge in [0.25, 0.3) is 0 Å². The van der Waals surface area contributed by atoms with Gasteiger partial charge >= 0.3 is 0 Å². The third-order valence-corrected chi connectivity index (χ3v) is 6.09. The SMILES string of the molecule is CC1(C)C=C(Cl)c2cc3c(-c4ccc(Br)cc4)nn(-c4ccccc4)c3nc2C1. The molecule has 5 heteroatoms. The molecule has 1 aliphatic carbocycles. The fourth-order valence-electron chi connectivity index (χ4n) is 3.89. The second kappa shape index (κ2) is 6.82. The Balaban J connectivity index is 1.82. The lowest BCUT2D eigenvalue weighted by Crippen LogP contribution is -2.18. The summed E-state index contributed by atoms with van der Waals surface area (Å²) in [4.78, 5) is 5.07. The second-order valence-corrected chi connectivity index (χ2v) is 9.44. The van der Waals surface area contributed by atoms with Crippen LogP contribution in [-0.4, -0.2) is 14.8 Å². The maximum Gasteiger partial charge on any atom is 0.163 e. The third kappa shape index (κ3) is 3.30. The van der Waals surface area contributed by atoms with E-state index in [1.165, 1.54) is 0 Å². The fraction of sp³-hybridized carbons (Fsp3) is 0.167. The van der Waals surface area contributed by atoms with Crippen LogP contribution >= 0.6 is 27.5 Å². The maximum atomic E-state index is 6.66. The number of hydrogen-bond donors (Lipinski definition) is 0. The van der Waals surface area contributed by atoms with Gasteiger partial charge in [-0.1, -0.05) is 77.8 Å². The van der Waals surface area contributed by atoms with Gasteiger partial charge < -0.3 is 0 Å². The van der Waals surface area contributed by atoms with Gasteiger partial charge in [-0.3, -0.25) is 0 Å². The summed E-state index contributed by atoms with van der Waals surface area (Å²) in [7, 11) is 0. The molecule has 2 heterocycles. The molecule has 0 atom stereocenters. The van der Waals surface area contributed by atoms with E-state index in [4.69, 9.17) is 21.7 Å². The van der Waals surface area contributed by atoms with Crippen molar-refractivity contribution in [1.29, 1.82) is 0 Å². The number of aromatic nitrogens is 3. The Kier molecular flexibility index (Phi) is 4.37. The summed E-state index contributed by atoms with van der Waals surface area (Å²) < 4.78 is 2.98. The number of pyridine rings is 1. The molecule has 3 nitrogen and oxygen atoms in total. The van der Waals surface area contributed by atoms with E-state index in [0.29, 0.717) is 0 Å². The van der Waals surface area contributed by atoms with Crippen molar-refractivity contribution in [3.8, 4) is 16.9 Å². The zero-order valence-corrected chi connectivity index (χ0v) is 18.5. The van der Waals surface area contributed by atoms with Crippen LogP contribution in [0.5, 0.6) is 0 Å². The molecule has 0 radical (unpaired) electrons. The zero-order valence-electron chi connectivity index (χ0n) is 16.2. The van der Waals surface area contributed by atoms with Crippen molar-refractivity contribution < 1.29 is 0 Å². The Hall–Kier alpha value is -2.43. The molecule has 0 saturated heterocycles. The molecule has 5 rings (SSSR count). The molecule has 0 saturated carbocycles. The molecule has 29 heavy (non-hydrogen) atoms. The summed E-state index contributed by atoms with van der Waals surface area (Å²) in [6.45, 7) is 4.37. The molecular weight excluding hydrogens is 446 g/mol. The Morgan fingerprint density at radius 3 is 2.48 bits per heavy atom. The molecule has 0 N–H and O–H groups in total. The standard InChI is InChI=1S/C24H19BrClN3/c1-24(2)13-20(26)18-12-19-22(15-8-10-16(25)11-9-15)28-29(17-6-4-3-5-7-17)23(19)27-21(18)14-24/h3-13H,14H2,1-2H3. The number of rotatable bonds is 2. The summed E-state index contributed by atoms with van der Waals surface area (Å²) in [6, 6.07) is 20.5. The first-order valence-electron chi connectivity index (χ1n) is 9.54. The van der Waals surface area contributed by atoms with Gasteiger partial charge in [0.1, 0.15) is 5.69 Å². The van der Waals surface area contributed by atoms with E-state index in [2.05, 4.69) is 66.2 Å². The highest BCUT2D eigenvalue weighted by molar-refractivity contribution is 9.10. The molecule has 144 valence electrons. The number of para-hydroxylation sites is 1. The molecule has 2 aromatic heterocycles. The molecule has 4 aromatic rings. The monoisotopic (exact) mass is 463 g/mol. The van der Waals surface area contributed by atoms with Gasteiger partial charge in [-0.2, -0.15) is 5.10 Å². The molecule has 1 aliphatic rings. The van der Waals surface area contributed by atoms with Crippen LogP contribution in [0.1, 0.15) is 25.1 Å². The average Bonchev–Trinajstić information content (AvgIpc) is 3.06. The number of allylic oxidation sites excluding steroid dienone is 1. The lowest BCUT2D eigenvalue weighted by molar-refractivity contribution is 0.468. The number of nitrogens with zero attached hydrogens (tertiary/aromatic N) is 3. The van der Waals surface area contributed by atoms with Crippen LogP contribution in [-0.2, 0) is 6.42 Å². The number of hydrogen-bond acceptors (Lipinski definition) is 2. The zero-order chi connectivity index (χ0) is 20.2. The van der Waals surface area contributed by atoms with Crippen molar-refractivity contribution in [2.75, 3.05) is 0 Å². The first-order valence-corrected chi connectivity index (χ1v) is 10.7. The topological polar surface area (TPSA) is 30.7 Å². The van der Waals surface area contributed by atoms with Gasteiger partial charge in [-0.05, 0) is 42.2 Å². The van der Waals surface area contributed by atoms with Gasteiger partial charge in [0.05, 0.1) is 11.4 Å². The predicted octanol–water partition coefficient (Wildman–Crippen LogP) is 7.01. The summed E-state index contributed by atoms with van der Waals surface area (Å²) in [5, 5.41) is 6.73. The highest BCUT2D eigenvalue weighted by Crippen LogP contribution is 2.40. The van der Waals surface area contributed by atoms with E-state index in [1.807, 2.05) is 35.0 Å². The number of fused-ring (bicyclic) bond motifs is 2. The van der Waals surface area contributed by atoms with Crippen molar-refractivity contribution >= 4 is 43.6 Å². The van der Waals surface area contributed by atoms with Crippen molar-refractivity contribution in [3.05, 3.63) is 82.5 Å². The van der Waals surface area contributed by atoms with E-state index < -0.39 is 0 Å². The number of halogens is 2. The van der Waals surface area contributed by atoms with Gasteiger partial charge in [-0.25, -0.2) is 9.67 Å². The van der Waals surface area contributed by atoms with Crippen LogP contribution in [0.15, 0.2) is 71.2 Å². The molecule has 0 aliphatic heterocycles. The van der Waals surface area contributed by atoms with Gasteiger partial charge in [-0.15, -0.1) is 0 Å². The fourth-order valence-corrected chi connectivity index (χ4v) is 4.62. The molecule has 0 unspecified atom stereocenters. The van der Waals surface area contributed by atoms with Gasteiger partial charge in [0.15, 0.2) is 5.65 Å². The Bertz CT molecular complexity index is 1260. The van der Waals surface area contributed by atoms with Crippen molar-refractivity contribution in [2.24, 2.45) is 5.41 Å². The highest BCUT2D eigenvalue weighted by atomic mass is 79.9. The summed E-state index contributed by atoms with van der Waals surface area (Å²) in [6.07, 6.45) is 2.98. The average molecular weight is 465 g/mol. The third-order valence-electron chi connectivity index (χ3n) is 5.25. The van der Waals surface area contributed by atoms with Crippen LogP contribution < -0.4 is 0 Å². The van der Waals surface area contributed by atoms with Crippen LogP contribution in [0.25, 0.3) is 33.0 Å². The second-order valence-electron chi connectivity index (χ2n) is 8.11. The Labute approximate surface area is 183 Å². The van der Waals surface area contributed by atoms with E-state index in [0.717, 1.165) is 55.2 Å². The van der Waals surface area contributed by atoms with Crippen LogP contribution in [0.2, 0.25) is 0 Å². The van der Waals surface area contributed by atoms with Gasteiger partial charge in [0.2, 0.25) is 0 Å². The van der Waals surface area contributed by atoms with Crippen LogP contribution in [0.3, 0.4) is 0 Å². The summed E-state index contributed by atoms with van der Waals surface area (Å²) in [5.74, 6) is 0. The van der Waals surface area contributed by atoms with E-state index >= 15 is 0 Å². The molecule has 0 spiro atoms. The molecular formula is C24H19BrClN3. The van der Waals surface area contributed by atoms with Gasteiger partial charge in [0, 0.05) is 26.0 Å². The van der Waals surface area contributed by atoms with Crippen molar-refractivity contribution in [2.45, 2.75) is 20.3 Å². The molecule has 2 aromatic carbocycles. The minimum absolute atomic E-state index is 0.0170. The largest absolute Gasteiger partial charge is 0.232 e. The molecule has 0 fully saturated rings. The summed E-state index contributed by atoms with van der Waals surface area (Å²) in [5.41, 5.74) is 5.81. The Morgan fingerprint density at radius 2 is 1.76 bits per heavy atom. The minimum atomic E-state index is -0.0170. The minimum Gasteiger partial charge on any atom is -0.232 e. The molecule has 0 amide bonds. The lowest BCUT2D eigenvalue weighted by atomic mass is 9.81. The maximum absolute atomic E-state index is 6.66. The first kappa shape index (κ1) is 18.6. The highest BCUT2D eigenvalue weighted by Gasteiger charge is 2.28.